The lowest BCUT2D eigenvalue weighted by molar-refractivity contribution is 0.541. The molecule has 8 heteroatoms. The SMILES string of the molecule is Cc1n[nH]c(C)c1S(=O)(=O)NC(C)(C)C(=N)N. The summed E-state index contributed by atoms with van der Waals surface area (Å²) in [7, 11) is -3.75. The Morgan fingerprint density at radius 2 is 2.00 bits per heavy atom. The van der Waals surface area contributed by atoms with Crippen molar-refractivity contribution in [1.29, 1.82) is 5.41 Å². The first-order chi connectivity index (χ1) is 7.58. The van der Waals surface area contributed by atoms with Crippen molar-refractivity contribution in [2.45, 2.75) is 38.1 Å². The summed E-state index contributed by atoms with van der Waals surface area (Å²) in [5.41, 5.74) is 5.05. The first kappa shape index (κ1) is 13.7. The van der Waals surface area contributed by atoms with Crippen molar-refractivity contribution in [3.8, 4) is 0 Å². The first-order valence-corrected chi connectivity index (χ1v) is 6.46. The summed E-state index contributed by atoms with van der Waals surface area (Å²) in [5, 5.41) is 13.8. The molecule has 0 amide bonds. The summed E-state index contributed by atoms with van der Waals surface area (Å²) in [6.45, 7) is 6.27. The number of H-pyrrole nitrogens is 1. The quantitative estimate of drug-likeness (QED) is 0.449. The molecule has 0 aromatic carbocycles. The number of aromatic amines is 1. The van der Waals surface area contributed by atoms with E-state index >= 15 is 0 Å². The fourth-order valence-electron chi connectivity index (χ4n) is 1.38. The number of aryl methyl sites for hydroxylation is 2. The minimum atomic E-state index is -3.75. The van der Waals surface area contributed by atoms with Gasteiger partial charge >= 0.3 is 0 Å². The molecule has 5 N–H and O–H groups in total. The monoisotopic (exact) mass is 259 g/mol. The Kier molecular flexibility index (Phi) is 3.30. The Morgan fingerprint density at radius 3 is 2.35 bits per heavy atom. The molecule has 17 heavy (non-hydrogen) atoms. The third-order valence-corrected chi connectivity index (χ3v) is 4.31. The first-order valence-electron chi connectivity index (χ1n) is 4.98. The van der Waals surface area contributed by atoms with Crippen LogP contribution in [0.3, 0.4) is 0 Å². The van der Waals surface area contributed by atoms with E-state index < -0.39 is 15.6 Å². The molecule has 0 aliphatic heterocycles. The molecule has 0 aliphatic carbocycles. The Morgan fingerprint density at radius 1 is 1.47 bits per heavy atom. The van der Waals surface area contributed by atoms with E-state index in [1.165, 1.54) is 13.8 Å². The van der Waals surface area contributed by atoms with Crippen LogP contribution in [0, 0.1) is 19.3 Å². The third kappa shape index (κ3) is 2.64. The fraction of sp³-hybridized carbons (Fsp3) is 0.556. The molecule has 0 radical (unpaired) electrons. The lowest BCUT2D eigenvalue weighted by Gasteiger charge is -2.24. The Bertz CT molecular complexity index is 524. The minimum Gasteiger partial charge on any atom is -0.386 e. The third-order valence-electron chi connectivity index (χ3n) is 2.39. The molecule has 0 atom stereocenters. The maximum atomic E-state index is 12.1. The normalized spacial score (nSPS) is 12.7. The van der Waals surface area contributed by atoms with E-state index in [9.17, 15) is 8.42 Å². The van der Waals surface area contributed by atoms with Crippen molar-refractivity contribution in [2.24, 2.45) is 5.73 Å². The summed E-state index contributed by atoms with van der Waals surface area (Å²) >= 11 is 0. The lowest BCUT2D eigenvalue weighted by atomic mass is 10.1. The number of sulfonamides is 1. The van der Waals surface area contributed by atoms with Crippen LogP contribution in [0.2, 0.25) is 0 Å². The van der Waals surface area contributed by atoms with Gasteiger partial charge < -0.3 is 5.73 Å². The van der Waals surface area contributed by atoms with Gasteiger partial charge in [0.1, 0.15) is 10.7 Å². The zero-order chi connectivity index (χ0) is 13.4. The second-order valence-electron chi connectivity index (χ2n) is 4.41. The van der Waals surface area contributed by atoms with Crippen molar-refractivity contribution in [3.05, 3.63) is 11.4 Å². The van der Waals surface area contributed by atoms with Crippen LogP contribution in [-0.4, -0.2) is 30.0 Å². The Balaban J connectivity index is 3.19. The number of nitrogens with one attached hydrogen (secondary N) is 3. The predicted octanol–water partition coefficient (Wildman–Crippen LogP) is 0.0194. The number of amidine groups is 1. The van der Waals surface area contributed by atoms with E-state index in [0.717, 1.165) is 0 Å². The molecule has 1 heterocycles. The molecule has 0 aliphatic rings. The molecule has 0 spiro atoms. The number of rotatable bonds is 4. The molecule has 1 aromatic heterocycles. The van der Waals surface area contributed by atoms with Crippen LogP contribution in [0.4, 0.5) is 0 Å². The van der Waals surface area contributed by atoms with Crippen molar-refractivity contribution < 1.29 is 8.42 Å². The number of aromatic nitrogens is 2. The molecule has 0 saturated carbocycles. The smallest absolute Gasteiger partial charge is 0.245 e. The van der Waals surface area contributed by atoms with Gasteiger partial charge in [0.2, 0.25) is 10.0 Å². The van der Waals surface area contributed by atoms with E-state index in [-0.39, 0.29) is 10.7 Å². The number of hydrogen-bond acceptors (Lipinski definition) is 4. The molecule has 0 fully saturated rings. The molecule has 0 unspecified atom stereocenters. The Hall–Kier alpha value is -1.41. The molecular formula is C9H17N5O2S. The van der Waals surface area contributed by atoms with E-state index in [1.54, 1.807) is 13.8 Å². The highest BCUT2D eigenvalue weighted by molar-refractivity contribution is 7.89. The van der Waals surface area contributed by atoms with Gasteiger partial charge in [0.15, 0.2) is 0 Å². The topological polar surface area (TPSA) is 125 Å². The van der Waals surface area contributed by atoms with E-state index in [2.05, 4.69) is 14.9 Å². The summed E-state index contributed by atoms with van der Waals surface area (Å²) in [6, 6.07) is 0. The van der Waals surface area contributed by atoms with Crippen LogP contribution >= 0.6 is 0 Å². The highest BCUT2D eigenvalue weighted by Crippen LogP contribution is 2.18. The van der Waals surface area contributed by atoms with Gasteiger partial charge in [-0.05, 0) is 27.7 Å². The van der Waals surface area contributed by atoms with Gasteiger partial charge in [-0.2, -0.15) is 9.82 Å². The van der Waals surface area contributed by atoms with Gasteiger partial charge in [-0.1, -0.05) is 0 Å². The average Bonchev–Trinajstić information content (AvgIpc) is 2.44. The maximum Gasteiger partial charge on any atom is 0.245 e. The molecular weight excluding hydrogens is 242 g/mol. The number of hydrogen-bond donors (Lipinski definition) is 4. The molecule has 96 valence electrons. The van der Waals surface area contributed by atoms with Gasteiger partial charge in [0, 0.05) is 0 Å². The van der Waals surface area contributed by atoms with Crippen LogP contribution in [0.5, 0.6) is 0 Å². The second-order valence-corrected chi connectivity index (χ2v) is 6.03. The average molecular weight is 259 g/mol. The van der Waals surface area contributed by atoms with Gasteiger partial charge in [0.05, 0.1) is 16.9 Å². The molecule has 7 nitrogen and oxygen atoms in total. The predicted molar refractivity (Wildman–Crippen MR) is 64.4 cm³/mol. The van der Waals surface area contributed by atoms with Crippen molar-refractivity contribution in [2.75, 3.05) is 0 Å². The maximum absolute atomic E-state index is 12.1. The van der Waals surface area contributed by atoms with Crippen molar-refractivity contribution in [1.82, 2.24) is 14.9 Å². The van der Waals surface area contributed by atoms with Crippen LogP contribution in [0.1, 0.15) is 25.2 Å². The van der Waals surface area contributed by atoms with Gasteiger partial charge in [-0.3, -0.25) is 10.5 Å². The van der Waals surface area contributed by atoms with Crippen LogP contribution in [0.25, 0.3) is 0 Å². The van der Waals surface area contributed by atoms with Crippen LogP contribution in [-0.2, 0) is 10.0 Å². The molecule has 1 aromatic rings. The lowest BCUT2D eigenvalue weighted by Crippen LogP contribution is -2.52. The number of nitrogens with zero attached hydrogens (tertiary/aromatic N) is 1. The summed E-state index contributed by atoms with van der Waals surface area (Å²) in [6.07, 6.45) is 0. The second kappa shape index (κ2) is 4.11. The van der Waals surface area contributed by atoms with Crippen molar-refractivity contribution in [3.63, 3.8) is 0 Å². The number of nitrogens with two attached hydrogens (primary N) is 1. The van der Waals surface area contributed by atoms with Gasteiger partial charge in [-0.25, -0.2) is 8.42 Å². The van der Waals surface area contributed by atoms with Gasteiger partial charge in [0.25, 0.3) is 0 Å². The molecule has 1 rings (SSSR count). The fourth-order valence-corrected chi connectivity index (χ4v) is 3.15. The van der Waals surface area contributed by atoms with E-state index in [1.807, 2.05) is 0 Å². The highest BCUT2D eigenvalue weighted by atomic mass is 32.2. The standard InChI is InChI=1S/C9H17N5O2S/c1-5-7(6(2)13-12-5)17(15,16)14-9(3,4)8(10)11/h14H,1-4H3,(H3,10,11)(H,12,13). The van der Waals surface area contributed by atoms with Crippen LogP contribution in [0.15, 0.2) is 4.90 Å². The highest BCUT2D eigenvalue weighted by Gasteiger charge is 2.31. The summed E-state index contributed by atoms with van der Waals surface area (Å²) in [4.78, 5) is 0.104. The van der Waals surface area contributed by atoms with Crippen LogP contribution < -0.4 is 10.5 Å². The zero-order valence-corrected chi connectivity index (χ0v) is 11.1. The van der Waals surface area contributed by atoms with E-state index in [4.69, 9.17) is 11.1 Å². The molecule has 0 bridgehead atoms. The van der Waals surface area contributed by atoms with E-state index in [0.29, 0.717) is 11.4 Å². The molecule has 0 saturated heterocycles. The zero-order valence-electron chi connectivity index (χ0n) is 10.2. The Labute approximate surface area is 100 Å². The summed E-state index contributed by atoms with van der Waals surface area (Å²) in [5.74, 6) is -0.250. The van der Waals surface area contributed by atoms with Gasteiger partial charge in [-0.15, -0.1) is 0 Å². The largest absolute Gasteiger partial charge is 0.386 e. The van der Waals surface area contributed by atoms with Crippen molar-refractivity contribution >= 4 is 15.9 Å². The minimum absolute atomic E-state index is 0.104. The summed E-state index contributed by atoms with van der Waals surface area (Å²) < 4.78 is 26.6.